The maximum atomic E-state index is 11.5. The number of ketones is 1. The smallest absolute Gasteiger partial charge is 0.377 e. The quantitative estimate of drug-likeness (QED) is 0.649. The molecular formula is C12H11ClO4. The summed E-state index contributed by atoms with van der Waals surface area (Å²) in [6.45, 7) is 2.32. The molecule has 0 aliphatic carbocycles. The first-order valence-electron chi connectivity index (χ1n) is 5.24. The van der Waals surface area contributed by atoms with Gasteiger partial charge in [0.1, 0.15) is 5.75 Å². The zero-order chi connectivity index (χ0) is 12.6. The van der Waals surface area contributed by atoms with Crippen LogP contribution in [-0.4, -0.2) is 23.5 Å². The molecule has 4 nitrogen and oxygen atoms in total. The number of rotatable bonds is 2. The summed E-state index contributed by atoms with van der Waals surface area (Å²) in [5, 5.41) is 9.03. The van der Waals surface area contributed by atoms with E-state index in [-0.39, 0.29) is 5.56 Å². The molecule has 0 radical (unpaired) electrons. The molecule has 0 unspecified atom stereocenters. The average molecular weight is 255 g/mol. The predicted octanol–water partition coefficient (Wildman–Crippen LogP) is 2.24. The number of carbonyl (C=O) groups excluding carboxylic acids is 1. The summed E-state index contributed by atoms with van der Waals surface area (Å²) >= 11 is 6.00. The minimum absolute atomic E-state index is 0.145. The summed E-state index contributed by atoms with van der Waals surface area (Å²) in [4.78, 5) is 22.2. The Morgan fingerprint density at radius 1 is 1.47 bits per heavy atom. The molecule has 0 saturated heterocycles. The number of fused-ring (bicyclic) bond motifs is 1. The topological polar surface area (TPSA) is 63.6 Å². The number of hydrogen-bond donors (Lipinski definition) is 1. The molecule has 0 bridgehead atoms. The molecule has 1 aromatic carbocycles. The van der Waals surface area contributed by atoms with Gasteiger partial charge in [-0.1, -0.05) is 11.6 Å². The van der Waals surface area contributed by atoms with Crippen LogP contribution in [0.1, 0.15) is 27.9 Å². The van der Waals surface area contributed by atoms with Crippen LogP contribution in [0.25, 0.3) is 0 Å². The number of aliphatic carboxylic acids is 1. The van der Waals surface area contributed by atoms with Gasteiger partial charge < -0.3 is 9.84 Å². The summed E-state index contributed by atoms with van der Waals surface area (Å²) in [7, 11) is 0. The highest BCUT2D eigenvalue weighted by Crippen LogP contribution is 2.37. The summed E-state index contributed by atoms with van der Waals surface area (Å²) in [5.74, 6) is -1.82. The van der Waals surface area contributed by atoms with Gasteiger partial charge in [-0.25, -0.2) is 4.79 Å². The van der Waals surface area contributed by atoms with Gasteiger partial charge >= 0.3 is 5.97 Å². The average Bonchev–Trinajstić information content (AvgIpc) is 2.33. The Hall–Kier alpha value is -1.55. The second-order valence-corrected chi connectivity index (χ2v) is 4.33. The number of benzene rings is 1. The summed E-state index contributed by atoms with van der Waals surface area (Å²) < 4.78 is 5.44. The molecule has 17 heavy (non-hydrogen) atoms. The van der Waals surface area contributed by atoms with Crippen LogP contribution in [0.3, 0.4) is 0 Å². The Kier molecular flexibility index (Phi) is 3.07. The van der Waals surface area contributed by atoms with E-state index in [2.05, 4.69) is 0 Å². The number of halogens is 1. The second kappa shape index (κ2) is 4.37. The van der Waals surface area contributed by atoms with Crippen molar-refractivity contribution < 1.29 is 19.4 Å². The van der Waals surface area contributed by atoms with Crippen molar-refractivity contribution in [1.29, 1.82) is 0 Å². The lowest BCUT2D eigenvalue weighted by Gasteiger charge is -2.21. The van der Waals surface area contributed by atoms with Gasteiger partial charge in [0.2, 0.25) is 0 Å². The van der Waals surface area contributed by atoms with Crippen LogP contribution in [0, 0.1) is 6.92 Å². The number of carboxylic acid groups (broad SMARTS) is 1. The molecule has 1 aliphatic heterocycles. The third-order valence-corrected chi connectivity index (χ3v) is 3.16. The van der Waals surface area contributed by atoms with Gasteiger partial charge in [-0.15, -0.1) is 0 Å². The Morgan fingerprint density at radius 2 is 2.18 bits per heavy atom. The predicted molar refractivity (Wildman–Crippen MR) is 62.0 cm³/mol. The van der Waals surface area contributed by atoms with Crippen LogP contribution in [0.15, 0.2) is 6.07 Å². The molecule has 1 aromatic rings. The van der Waals surface area contributed by atoms with Crippen molar-refractivity contribution in [2.45, 2.75) is 19.8 Å². The van der Waals surface area contributed by atoms with Crippen LogP contribution >= 0.6 is 11.6 Å². The number of carbonyl (C=O) groups is 2. The maximum Gasteiger partial charge on any atom is 0.377 e. The first-order chi connectivity index (χ1) is 8.02. The van der Waals surface area contributed by atoms with Gasteiger partial charge in [0.05, 0.1) is 11.6 Å². The van der Waals surface area contributed by atoms with E-state index in [1.54, 1.807) is 6.92 Å². The lowest BCUT2D eigenvalue weighted by Crippen LogP contribution is -2.17. The lowest BCUT2D eigenvalue weighted by atomic mass is 9.94. The van der Waals surface area contributed by atoms with Crippen molar-refractivity contribution in [3.63, 3.8) is 0 Å². The lowest BCUT2D eigenvalue weighted by molar-refractivity contribution is -0.131. The van der Waals surface area contributed by atoms with Crippen molar-refractivity contribution in [1.82, 2.24) is 0 Å². The van der Waals surface area contributed by atoms with E-state index in [9.17, 15) is 9.59 Å². The number of hydrogen-bond acceptors (Lipinski definition) is 3. The molecule has 0 spiro atoms. The fourth-order valence-corrected chi connectivity index (χ4v) is 2.29. The fourth-order valence-electron chi connectivity index (χ4n) is 2.01. The normalized spacial score (nSPS) is 13.8. The third-order valence-electron chi connectivity index (χ3n) is 2.88. The number of Topliss-reactive ketones (excluding diaryl/α,β-unsaturated/α-hetero) is 1. The Balaban J connectivity index is 2.60. The van der Waals surface area contributed by atoms with Gasteiger partial charge in [-0.3, -0.25) is 4.79 Å². The molecule has 0 amide bonds. The van der Waals surface area contributed by atoms with Crippen molar-refractivity contribution in [2.75, 3.05) is 6.61 Å². The fraction of sp³-hybridized carbons (Fsp3) is 0.333. The molecule has 1 heterocycles. The summed E-state index contributed by atoms with van der Waals surface area (Å²) in [6.07, 6.45) is 1.59. The van der Waals surface area contributed by atoms with Gasteiger partial charge in [0.15, 0.2) is 0 Å². The molecule has 1 N–H and O–H groups in total. The highest BCUT2D eigenvalue weighted by molar-refractivity contribution is 6.41. The maximum absolute atomic E-state index is 11.5. The zero-order valence-corrected chi connectivity index (χ0v) is 10.0. The van der Waals surface area contributed by atoms with Crippen LogP contribution in [0.5, 0.6) is 5.75 Å². The van der Waals surface area contributed by atoms with E-state index in [0.717, 1.165) is 18.4 Å². The van der Waals surface area contributed by atoms with Crippen LogP contribution in [0.2, 0.25) is 5.02 Å². The highest BCUT2D eigenvalue weighted by Gasteiger charge is 2.24. The number of ether oxygens (including phenoxy) is 1. The van der Waals surface area contributed by atoms with Crippen LogP contribution in [-0.2, 0) is 11.2 Å². The molecule has 0 saturated carbocycles. The Morgan fingerprint density at radius 3 is 2.82 bits per heavy atom. The van der Waals surface area contributed by atoms with E-state index in [4.69, 9.17) is 21.4 Å². The Bertz CT molecular complexity index is 508. The molecule has 2 rings (SSSR count). The van der Waals surface area contributed by atoms with E-state index in [0.29, 0.717) is 22.9 Å². The van der Waals surface area contributed by atoms with E-state index >= 15 is 0 Å². The van der Waals surface area contributed by atoms with Crippen molar-refractivity contribution >= 4 is 23.4 Å². The molecule has 1 aliphatic rings. The molecule has 0 atom stereocenters. The van der Waals surface area contributed by atoms with E-state index < -0.39 is 11.8 Å². The van der Waals surface area contributed by atoms with E-state index in [1.807, 2.05) is 0 Å². The molecule has 0 fully saturated rings. The van der Waals surface area contributed by atoms with Gasteiger partial charge in [0, 0.05) is 5.56 Å². The third kappa shape index (κ3) is 2.00. The zero-order valence-electron chi connectivity index (χ0n) is 9.25. The minimum Gasteiger partial charge on any atom is -0.492 e. The SMILES string of the molecule is Cc1c(C(=O)C(=O)O)cc(Cl)c2c1CCCO2. The van der Waals surface area contributed by atoms with Gasteiger partial charge in [-0.2, -0.15) is 0 Å². The van der Waals surface area contributed by atoms with Crippen molar-refractivity contribution in [2.24, 2.45) is 0 Å². The summed E-state index contributed by atoms with van der Waals surface area (Å²) in [6, 6.07) is 1.37. The second-order valence-electron chi connectivity index (χ2n) is 3.92. The minimum atomic E-state index is -1.47. The van der Waals surface area contributed by atoms with E-state index in [1.165, 1.54) is 6.07 Å². The molecule has 0 aromatic heterocycles. The van der Waals surface area contributed by atoms with Crippen molar-refractivity contribution in [3.8, 4) is 5.75 Å². The largest absolute Gasteiger partial charge is 0.492 e. The molecule has 90 valence electrons. The van der Waals surface area contributed by atoms with Gasteiger partial charge in [-0.05, 0) is 37.0 Å². The van der Waals surface area contributed by atoms with Crippen LogP contribution in [0.4, 0.5) is 0 Å². The first kappa shape index (κ1) is 11.9. The van der Waals surface area contributed by atoms with Gasteiger partial charge in [0.25, 0.3) is 5.78 Å². The monoisotopic (exact) mass is 254 g/mol. The first-order valence-corrected chi connectivity index (χ1v) is 5.62. The Labute approximate surface area is 103 Å². The standard InChI is InChI=1S/C12H11ClO4/c1-6-7-3-2-4-17-11(7)9(13)5-8(6)10(14)12(15)16/h5H,2-4H2,1H3,(H,15,16). The molecular weight excluding hydrogens is 244 g/mol. The van der Waals surface area contributed by atoms with Crippen molar-refractivity contribution in [3.05, 3.63) is 27.8 Å². The van der Waals surface area contributed by atoms with Crippen LogP contribution < -0.4 is 4.74 Å². The summed E-state index contributed by atoms with van der Waals surface area (Å²) in [5.41, 5.74) is 1.64. The number of carboxylic acids is 1. The molecule has 5 heteroatoms. The highest BCUT2D eigenvalue weighted by atomic mass is 35.5.